The van der Waals surface area contributed by atoms with Crippen molar-refractivity contribution >= 4 is 0 Å². The van der Waals surface area contributed by atoms with Gasteiger partial charge >= 0.3 is 0 Å². The molecule has 2 aliphatic rings. The summed E-state index contributed by atoms with van der Waals surface area (Å²) in [6.45, 7) is 7.38. The minimum absolute atomic E-state index is 0.242. The zero-order chi connectivity index (χ0) is 14.6. The van der Waals surface area contributed by atoms with Gasteiger partial charge in [0.05, 0.1) is 5.54 Å². The van der Waals surface area contributed by atoms with Gasteiger partial charge in [-0.3, -0.25) is 9.80 Å². The molecule has 0 aromatic heterocycles. The van der Waals surface area contributed by atoms with Gasteiger partial charge in [0.2, 0.25) is 0 Å². The molecule has 0 bridgehead atoms. The van der Waals surface area contributed by atoms with Crippen LogP contribution in [0, 0.1) is 0 Å². The van der Waals surface area contributed by atoms with Gasteiger partial charge in [-0.25, -0.2) is 0 Å². The lowest BCUT2D eigenvalue weighted by Crippen LogP contribution is -2.60. The van der Waals surface area contributed by atoms with Crippen LogP contribution in [-0.4, -0.2) is 74.6 Å². The first-order chi connectivity index (χ1) is 9.65. The van der Waals surface area contributed by atoms with Crippen LogP contribution in [-0.2, 0) is 9.47 Å². The monoisotopic (exact) mass is 285 g/mol. The molecule has 20 heavy (non-hydrogen) atoms. The lowest BCUT2D eigenvalue weighted by atomic mass is 9.99. The van der Waals surface area contributed by atoms with E-state index in [4.69, 9.17) is 15.2 Å². The third-order valence-corrected chi connectivity index (χ3v) is 5.14. The van der Waals surface area contributed by atoms with Crippen molar-refractivity contribution in [3.05, 3.63) is 0 Å². The van der Waals surface area contributed by atoms with Gasteiger partial charge in [-0.1, -0.05) is 6.42 Å². The highest BCUT2D eigenvalue weighted by atomic mass is 16.7. The van der Waals surface area contributed by atoms with Gasteiger partial charge < -0.3 is 15.2 Å². The number of piperidine rings is 1. The molecule has 0 radical (unpaired) electrons. The van der Waals surface area contributed by atoms with Crippen LogP contribution in [0.25, 0.3) is 0 Å². The van der Waals surface area contributed by atoms with Crippen LogP contribution in [0.4, 0.5) is 0 Å². The fourth-order valence-corrected chi connectivity index (χ4v) is 3.77. The van der Waals surface area contributed by atoms with E-state index in [-0.39, 0.29) is 11.8 Å². The molecule has 2 aliphatic heterocycles. The van der Waals surface area contributed by atoms with E-state index in [9.17, 15) is 0 Å². The van der Waals surface area contributed by atoms with Crippen LogP contribution in [0.5, 0.6) is 0 Å². The fraction of sp³-hybridized carbons (Fsp3) is 1.00. The summed E-state index contributed by atoms with van der Waals surface area (Å²) in [5.41, 5.74) is 5.81. The number of nitrogens with two attached hydrogens (primary N) is 1. The summed E-state index contributed by atoms with van der Waals surface area (Å²) in [6.07, 6.45) is 5.05. The zero-order valence-electron chi connectivity index (χ0n) is 13.3. The summed E-state index contributed by atoms with van der Waals surface area (Å²) < 4.78 is 11.0. The Hall–Kier alpha value is -0.200. The molecule has 0 amide bonds. The van der Waals surface area contributed by atoms with Crippen LogP contribution >= 0.6 is 0 Å². The largest absolute Gasteiger partial charge is 0.354 e. The van der Waals surface area contributed by atoms with Crippen molar-refractivity contribution < 1.29 is 9.47 Å². The van der Waals surface area contributed by atoms with E-state index < -0.39 is 0 Å². The molecular weight excluding hydrogens is 254 g/mol. The number of hydrogen-bond donors (Lipinski definition) is 1. The Kier molecular flexibility index (Phi) is 5.81. The molecule has 0 aromatic rings. The summed E-state index contributed by atoms with van der Waals surface area (Å²) in [5.74, 6) is 0. The van der Waals surface area contributed by atoms with Crippen LogP contribution in [0.2, 0.25) is 0 Å². The molecule has 0 aliphatic carbocycles. The third-order valence-electron chi connectivity index (χ3n) is 5.14. The fourth-order valence-electron chi connectivity index (χ4n) is 3.77. The molecule has 2 heterocycles. The van der Waals surface area contributed by atoms with E-state index in [1.807, 2.05) is 0 Å². The molecule has 2 saturated heterocycles. The number of rotatable bonds is 6. The highest BCUT2D eigenvalue weighted by Gasteiger charge is 2.43. The maximum Gasteiger partial charge on any atom is 0.176 e. The zero-order valence-corrected chi connectivity index (χ0v) is 13.3. The number of hydrogen-bond acceptors (Lipinski definition) is 5. The molecule has 0 saturated carbocycles. The lowest BCUT2D eigenvalue weighted by molar-refractivity contribution is -0.178. The summed E-state index contributed by atoms with van der Waals surface area (Å²) in [4.78, 5) is 5.12. The van der Waals surface area contributed by atoms with Crippen molar-refractivity contribution in [2.75, 3.05) is 46.9 Å². The topological polar surface area (TPSA) is 51.0 Å². The average molecular weight is 285 g/mol. The summed E-state index contributed by atoms with van der Waals surface area (Å²) in [5, 5.41) is 0. The Morgan fingerprint density at radius 3 is 2.35 bits per heavy atom. The van der Waals surface area contributed by atoms with Gasteiger partial charge in [-0.15, -0.1) is 0 Å². The van der Waals surface area contributed by atoms with E-state index in [2.05, 4.69) is 16.7 Å². The van der Waals surface area contributed by atoms with Gasteiger partial charge in [0.15, 0.2) is 6.29 Å². The second-order valence-corrected chi connectivity index (χ2v) is 6.35. The Morgan fingerprint density at radius 1 is 1.15 bits per heavy atom. The first-order valence-electron chi connectivity index (χ1n) is 7.90. The summed E-state index contributed by atoms with van der Waals surface area (Å²) in [6, 6.07) is 0.676. The molecule has 0 aromatic carbocycles. The van der Waals surface area contributed by atoms with Crippen molar-refractivity contribution in [2.45, 2.75) is 50.5 Å². The minimum atomic E-state index is -0.271. The first-order valence-corrected chi connectivity index (χ1v) is 7.90. The normalized spacial score (nSPS) is 28.9. The smallest absolute Gasteiger partial charge is 0.176 e. The average Bonchev–Trinajstić information content (AvgIpc) is 2.99. The minimum Gasteiger partial charge on any atom is -0.354 e. The molecule has 118 valence electrons. The molecule has 5 heteroatoms. The maximum absolute atomic E-state index is 6.05. The van der Waals surface area contributed by atoms with E-state index in [0.29, 0.717) is 12.6 Å². The number of methoxy groups -OCH3 is 2. The molecule has 2 N–H and O–H groups in total. The van der Waals surface area contributed by atoms with E-state index in [1.54, 1.807) is 14.2 Å². The van der Waals surface area contributed by atoms with E-state index >= 15 is 0 Å². The number of nitrogens with zero attached hydrogens (tertiary/aromatic N) is 2. The first kappa shape index (κ1) is 16.2. The van der Waals surface area contributed by atoms with Crippen molar-refractivity contribution in [3.63, 3.8) is 0 Å². The second kappa shape index (κ2) is 7.18. The number of ether oxygens (including phenoxy) is 2. The quantitative estimate of drug-likeness (QED) is 0.734. The Morgan fingerprint density at radius 2 is 1.80 bits per heavy atom. The molecular formula is C15H31N3O2. The molecule has 2 atom stereocenters. The number of likely N-dealkylation sites (tertiary alicyclic amines) is 2. The Labute approximate surface area is 123 Å². The predicted molar refractivity (Wildman–Crippen MR) is 80.7 cm³/mol. The molecule has 5 nitrogen and oxygen atoms in total. The molecule has 2 fully saturated rings. The van der Waals surface area contributed by atoms with Crippen molar-refractivity contribution in [2.24, 2.45) is 5.73 Å². The van der Waals surface area contributed by atoms with E-state index in [1.165, 1.54) is 38.8 Å². The molecule has 0 spiro atoms. The highest BCUT2D eigenvalue weighted by molar-refractivity contribution is 4.97. The maximum atomic E-state index is 6.05. The van der Waals surface area contributed by atoms with Gasteiger partial charge in [0, 0.05) is 39.9 Å². The Balaban J connectivity index is 1.98. The molecule has 2 rings (SSSR count). The van der Waals surface area contributed by atoms with Crippen molar-refractivity contribution in [1.29, 1.82) is 0 Å². The summed E-state index contributed by atoms with van der Waals surface area (Å²) in [7, 11) is 3.39. The van der Waals surface area contributed by atoms with Gasteiger partial charge in [0.25, 0.3) is 0 Å². The Bertz CT molecular complexity index is 293. The third kappa shape index (κ3) is 3.17. The summed E-state index contributed by atoms with van der Waals surface area (Å²) >= 11 is 0. The van der Waals surface area contributed by atoms with Crippen LogP contribution in [0.3, 0.4) is 0 Å². The van der Waals surface area contributed by atoms with Gasteiger partial charge in [-0.05, 0) is 39.3 Å². The predicted octanol–water partition coefficient (Wildman–Crippen LogP) is 0.883. The van der Waals surface area contributed by atoms with Gasteiger partial charge in [0.1, 0.15) is 0 Å². The lowest BCUT2D eigenvalue weighted by Gasteiger charge is -2.43. The van der Waals surface area contributed by atoms with Gasteiger partial charge in [-0.2, -0.15) is 0 Å². The van der Waals surface area contributed by atoms with Crippen molar-refractivity contribution in [3.8, 4) is 0 Å². The van der Waals surface area contributed by atoms with E-state index in [0.717, 1.165) is 13.1 Å². The van der Waals surface area contributed by atoms with Crippen molar-refractivity contribution in [1.82, 2.24) is 9.80 Å². The second-order valence-electron chi connectivity index (χ2n) is 6.35. The SMILES string of the molecule is COC(OC)C(C)(CN)N1CCC(N2CCCCC2)C1. The van der Waals surface area contributed by atoms with Crippen LogP contribution in [0.1, 0.15) is 32.6 Å². The van der Waals surface area contributed by atoms with Crippen LogP contribution in [0.15, 0.2) is 0 Å². The molecule has 2 unspecified atom stereocenters. The highest BCUT2D eigenvalue weighted by Crippen LogP contribution is 2.29. The van der Waals surface area contributed by atoms with Crippen LogP contribution < -0.4 is 5.73 Å². The standard InChI is InChI=1S/C15H31N3O2/c1-15(12-16,14(19-2)20-3)18-10-7-13(11-18)17-8-5-4-6-9-17/h13-14H,4-12,16H2,1-3H3.